The summed E-state index contributed by atoms with van der Waals surface area (Å²) in [5.74, 6) is 0.866. The molecule has 54 valence electrons. The van der Waals surface area contributed by atoms with Gasteiger partial charge in [-0.25, -0.2) is 0 Å². The molecule has 1 fully saturated rings. The Kier molecular flexibility index (Phi) is 2.49. The van der Waals surface area contributed by atoms with Crippen molar-refractivity contribution in [2.45, 2.75) is 13.3 Å². The second kappa shape index (κ2) is 3.18. The van der Waals surface area contributed by atoms with Gasteiger partial charge in [0.1, 0.15) is 0 Å². The highest BCUT2D eigenvalue weighted by atomic mass is 15.2. The van der Waals surface area contributed by atoms with Crippen molar-refractivity contribution < 1.29 is 0 Å². The summed E-state index contributed by atoms with van der Waals surface area (Å²) in [6, 6.07) is 0. The summed E-state index contributed by atoms with van der Waals surface area (Å²) in [6.45, 7) is 5.80. The highest BCUT2D eigenvalue weighted by Crippen LogP contribution is 2.04. The van der Waals surface area contributed by atoms with Crippen LogP contribution < -0.4 is 5.32 Å². The Balaban J connectivity index is 2.29. The molecule has 0 radical (unpaired) electrons. The zero-order valence-corrected chi connectivity index (χ0v) is 6.35. The van der Waals surface area contributed by atoms with E-state index in [4.69, 9.17) is 0 Å². The Morgan fingerprint density at radius 3 is 3.11 bits per heavy atom. The van der Waals surface area contributed by atoms with Gasteiger partial charge in [0.2, 0.25) is 0 Å². The first-order chi connectivity index (χ1) is 4.29. The van der Waals surface area contributed by atoms with Gasteiger partial charge in [-0.15, -0.1) is 0 Å². The molecule has 0 aromatic heterocycles. The Morgan fingerprint density at radius 1 is 1.56 bits per heavy atom. The molecule has 1 rings (SSSR count). The lowest BCUT2D eigenvalue weighted by molar-refractivity contribution is 0.300. The van der Waals surface area contributed by atoms with Crippen LogP contribution in [-0.4, -0.2) is 31.7 Å². The van der Waals surface area contributed by atoms with Gasteiger partial charge in [0.05, 0.1) is 0 Å². The van der Waals surface area contributed by atoms with Crippen molar-refractivity contribution >= 4 is 0 Å². The van der Waals surface area contributed by atoms with Gasteiger partial charge in [0.15, 0.2) is 0 Å². The van der Waals surface area contributed by atoms with Crippen molar-refractivity contribution in [2.24, 2.45) is 5.92 Å². The van der Waals surface area contributed by atoms with Crippen molar-refractivity contribution in [1.82, 2.24) is 10.2 Å². The van der Waals surface area contributed by atoms with Crippen LogP contribution in [0.2, 0.25) is 0 Å². The molecule has 2 heteroatoms. The van der Waals surface area contributed by atoms with Crippen LogP contribution in [0.15, 0.2) is 0 Å². The maximum absolute atomic E-state index is 3.35. The van der Waals surface area contributed by atoms with Crippen LogP contribution in [0, 0.1) is 5.92 Å². The SMILES string of the molecule is C[C@H]1CCNCN(C)C1. The molecule has 0 saturated carbocycles. The minimum Gasteiger partial charge on any atom is -0.304 e. The fraction of sp³-hybridized carbons (Fsp3) is 1.00. The highest BCUT2D eigenvalue weighted by Gasteiger charge is 2.09. The molecule has 1 aliphatic rings. The van der Waals surface area contributed by atoms with E-state index in [0.717, 1.165) is 12.6 Å². The number of nitrogens with zero attached hydrogens (tertiary/aromatic N) is 1. The van der Waals surface area contributed by atoms with Crippen molar-refractivity contribution in [1.29, 1.82) is 0 Å². The van der Waals surface area contributed by atoms with E-state index >= 15 is 0 Å². The second-order valence-corrected chi connectivity index (χ2v) is 3.09. The van der Waals surface area contributed by atoms with E-state index in [0.29, 0.717) is 0 Å². The average Bonchev–Trinajstić information content (AvgIpc) is 1.93. The molecule has 0 bridgehead atoms. The first-order valence-electron chi connectivity index (χ1n) is 3.68. The van der Waals surface area contributed by atoms with Crippen LogP contribution >= 0.6 is 0 Å². The van der Waals surface area contributed by atoms with Crippen LogP contribution in [0.1, 0.15) is 13.3 Å². The Labute approximate surface area is 57.2 Å². The molecular formula is C7H16N2. The molecule has 1 atom stereocenters. The summed E-state index contributed by atoms with van der Waals surface area (Å²) in [4.78, 5) is 2.33. The molecule has 1 N–H and O–H groups in total. The zero-order chi connectivity index (χ0) is 6.69. The van der Waals surface area contributed by atoms with E-state index < -0.39 is 0 Å². The van der Waals surface area contributed by atoms with Crippen LogP contribution in [0.5, 0.6) is 0 Å². The predicted octanol–water partition coefficient (Wildman–Crippen LogP) is 0.505. The number of rotatable bonds is 0. The van der Waals surface area contributed by atoms with Crippen molar-refractivity contribution in [3.05, 3.63) is 0 Å². The van der Waals surface area contributed by atoms with E-state index in [1.807, 2.05) is 0 Å². The third-order valence-corrected chi connectivity index (χ3v) is 1.82. The molecule has 1 saturated heterocycles. The van der Waals surface area contributed by atoms with Gasteiger partial charge < -0.3 is 5.32 Å². The average molecular weight is 128 g/mol. The summed E-state index contributed by atoms with van der Waals surface area (Å²) >= 11 is 0. The minimum atomic E-state index is 0.866. The van der Waals surface area contributed by atoms with Crippen LogP contribution in [0.3, 0.4) is 0 Å². The third-order valence-electron chi connectivity index (χ3n) is 1.82. The summed E-state index contributed by atoms with van der Waals surface area (Å²) in [7, 11) is 2.16. The summed E-state index contributed by atoms with van der Waals surface area (Å²) in [6.07, 6.45) is 1.32. The molecule has 0 amide bonds. The quantitative estimate of drug-likeness (QED) is 0.511. The van der Waals surface area contributed by atoms with Gasteiger partial charge >= 0.3 is 0 Å². The maximum Gasteiger partial charge on any atom is 0.0477 e. The lowest BCUT2D eigenvalue weighted by Gasteiger charge is -2.14. The predicted molar refractivity (Wildman–Crippen MR) is 39.3 cm³/mol. The Morgan fingerprint density at radius 2 is 2.33 bits per heavy atom. The first-order valence-corrected chi connectivity index (χ1v) is 3.68. The van der Waals surface area contributed by atoms with Gasteiger partial charge in [-0.05, 0) is 25.9 Å². The molecule has 9 heavy (non-hydrogen) atoms. The molecule has 0 spiro atoms. The van der Waals surface area contributed by atoms with Crippen LogP contribution in [0.25, 0.3) is 0 Å². The minimum absolute atomic E-state index is 0.866. The Hall–Kier alpha value is -0.0800. The summed E-state index contributed by atoms with van der Waals surface area (Å²) in [5.41, 5.74) is 0. The third kappa shape index (κ3) is 2.33. The maximum atomic E-state index is 3.35. The number of nitrogens with one attached hydrogen (secondary N) is 1. The second-order valence-electron chi connectivity index (χ2n) is 3.09. The van der Waals surface area contributed by atoms with Crippen molar-refractivity contribution in [2.75, 3.05) is 26.8 Å². The fourth-order valence-corrected chi connectivity index (χ4v) is 1.31. The smallest absolute Gasteiger partial charge is 0.0477 e. The van der Waals surface area contributed by atoms with Gasteiger partial charge in [0, 0.05) is 13.2 Å². The van der Waals surface area contributed by atoms with Crippen molar-refractivity contribution in [3.8, 4) is 0 Å². The molecule has 0 aliphatic carbocycles. The Bertz CT molecular complexity index is 73.0. The summed E-state index contributed by atoms with van der Waals surface area (Å²) < 4.78 is 0. The largest absolute Gasteiger partial charge is 0.304 e. The van der Waals surface area contributed by atoms with Gasteiger partial charge in [0.25, 0.3) is 0 Å². The van der Waals surface area contributed by atoms with E-state index in [1.165, 1.54) is 19.5 Å². The van der Waals surface area contributed by atoms with Crippen LogP contribution in [-0.2, 0) is 0 Å². The lowest BCUT2D eigenvalue weighted by atomic mass is 10.1. The van der Waals surface area contributed by atoms with Gasteiger partial charge in [-0.1, -0.05) is 6.92 Å². The molecule has 1 aliphatic heterocycles. The monoisotopic (exact) mass is 128 g/mol. The number of hydrogen-bond acceptors (Lipinski definition) is 2. The summed E-state index contributed by atoms with van der Waals surface area (Å²) in [5, 5.41) is 3.35. The standard InChI is InChI=1S/C7H16N2/c1-7-3-4-8-6-9(2)5-7/h7-8H,3-6H2,1-2H3/t7-/m0/s1. The number of hydrogen-bond donors (Lipinski definition) is 1. The topological polar surface area (TPSA) is 15.3 Å². The molecule has 0 aromatic rings. The van der Waals surface area contributed by atoms with Gasteiger partial charge in [-0.3, -0.25) is 4.90 Å². The van der Waals surface area contributed by atoms with Gasteiger partial charge in [-0.2, -0.15) is 0 Å². The molecular weight excluding hydrogens is 112 g/mol. The van der Waals surface area contributed by atoms with Crippen molar-refractivity contribution in [3.63, 3.8) is 0 Å². The van der Waals surface area contributed by atoms with E-state index in [-0.39, 0.29) is 0 Å². The zero-order valence-electron chi connectivity index (χ0n) is 6.35. The molecule has 1 heterocycles. The molecule has 2 nitrogen and oxygen atoms in total. The molecule has 0 aromatic carbocycles. The highest BCUT2D eigenvalue weighted by molar-refractivity contribution is 4.64. The van der Waals surface area contributed by atoms with Crippen LogP contribution in [0.4, 0.5) is 0 Å². The van der Waals surface area contributed by atoms with E-state index in [2.05, 4.69) is 24.2 Å². The van der Waals surface area contributed by atoms with E-state index in [1.54, 1.807) is 0 Å². The fourth-order valence-electron chi connectivity index (χ4n) is 1.31. The van der Waals surface area contributed by atoms with E-state index in [9.17, 15) is 0 Å². The first kappa shape index (κ1) is 7.03. The normalized spacial score (nSPS) is 32.0. The molecule has 0 unspecified atom stereocenters. The lowest BCUT2D eigenvalue weighted by Crippen LogP contribution is -2.29.